The normalized spacial score (nSPS) is 11.3. The molecule has 2 heterocycles. The van der Waals surface area contributed by atoms with Crippen LogP contribution in [0.15, 0.2) is 57.0 Å². The molecule has 0 aliphatic rings. The molecule has 0 spiro atoms. The van der Waals surface area contributed by atoms with Gasteiger partial charge < -0.3 is 9.88 Å². The van der Waals surface area contributed by atoms with Gasteiger partial charge in [0.1, 0.15) is 10.5 Å². The van der Waals surface area contributed by atoms with Crippen molar-refractivity contribution in [2.75, 3.05) is 4.72 Å². The fraction of sp³-hybridized carbons (Fsp3) is 0.188. The van der Waals surface area contributed by atoms with E-state index in [4.69, 9.17) is 0 Å². The monoisotopic (exact) mass is 423 g/mol. The van der Waals surface area contributed by atoms with Gasteiger partial charge in [-0.05, 0) is 48.2 Å². The third kappa shape index (κ3) is 5.08. The number of carbonyl (C=O) groups is 1. The molecule has 0 bridgehead atoms. The minimum Gasteiger partial charge on any atom is -0.351 e. The number of amides is 1. The van der Waals surface area contributed by atoms with Crippen LogP contribution in [0.3, 0.4) is 0 Å². The van der Waals surface area contributed by atoms with Gasteiger partial charge in [0.2, 0.25) is 5.91 Å². The van der Waals surface area contributed by atoms with Crippen molar-refractivity contribution in [3.8, 4) is 0 Å². The Morgan fingerprint density at radius 1 is 1.22 bits per heavy atom. The fourth-order valence-electron chi connectivity index (χ4n) is 2.08. The average molecular weight is 424 g/mol. The predicted octanol–water partition coefficient (Wildman–Crippen LogP) is 2.46. The second-order valence-corrected chi connectivity index (χ2v) is 9.71. The Morgan fingerprint density at radius 3 is 2.59 bits per heavy atom. The molecule has 1 aromatic carbocycles. The Morgan fingerprint density at radius 2 is 1.96 bits per heavy atom. The number of aromatic nitrogens is 3. The molecule has 142 valence electrons. The summed E-state index contributed by atoms with van der Waals surface area (Å²) in [4.78, 5) is 12.6. The lowest BCUT2D eigenvalue weighted by molar-refractivity contribution is -0.119. The van der Waals surface area contributed by atoms with Crippen molar-refractivity contribution in [1.29, 1.82) is 0 Å². The number of carbonyl (C=O) groups excluding carboxylic acids is 1. The summed E-state index contributed by atoms with van der Waals surface area (Å²) in [5.74, 6) is -0.162. The highest BCUT2D eigenvalue weighted by molar-refractivity contribution is 7.99. The second-order valence-electron chi connectivity index (χ2n) is 5.59. The third-order valence-electron chi connectivity index (χ3n) is 3.40. The van der Waals surface area contributed by atoms with Gasteiger partial charge in [0, 0.05) is 29.4 Å². The van der Waals surface area contributed by atoms with Gasteiger partial charge in [-0.3, -0.25) is 9.52 Å². The number of nitrogens with one attached hydrogen (secondary N) is 2. The van der Waals surface area contributed by atoms with Crippen LogP contribution in [0, 0.1) is 0 Å². The molecule has 0 fully saturated rings. The quantitative estimate of drug-likeness (QED) is 0.605. The summed E-state index contributed by atoms with van der Waals surface area (Å²) in [5.41, 5.74) is 0.467. The molecule has 0 radical (unpaired) electrons. The Kier molecular flexibility index (Phi) is 5.82. The van der Waals surface area contributed by atoms with E-state index in [1.54, 1.807) is 29.1 Å². The Bertz CT molecular complexity index is 1040. The van der Waals surface area contributed by atoms with Gasteiger partial charge in [-0.15, -0.1) is 21.5 Å². The zero-order chi connectivity index (χ0) is 19.4. The molecule has 0 unspecified atom stereocenters. The molecule has 2 N–H and O–H groups in total. The van der Waals surface area contributed by atoms with E-state index in [1.165, 1.54) is 24.8 Å². The lowest BCUT2D eigenvalue weighted by Gasteiger charge is -2.07. The summed E-state index contributed by atoms with van der Waals surface area (Å²) < 4.78 is 29.6. The second kappa shape index (κ2) is 8.11. The van der Waals surface area contributed by atoms with Gasteiger partial charge in [-0.25, -0.2) is 8.42 Å². The van der Waals surface area contributed by atoms with Crippen LogP contribution in [-0.4, -0.2) is 29.1 Å². The van der Waals surface area contributed by atoms with Gasteiger partial charge in [0.15, 0.2) is 5.16 Å². The molecule has 11 heteroatoms. The van der Waals surface area contributed by atoms with Crippen LogP contribution in [-0.2, 0) is 28.4 Å². The number of rotatable bonds is 7. The lowest BCUT2D eigenvalue weighted by atomic mass is 10.3. The molecule has 0 aliphatic heterocycles. The van der Waals surface area contributed by atoms with Crippen LogP contribution in [0.4, 0.5) is 5.69 Å². The van der Waals surface area contributed by atoms with Crippen molar-refractivity contribution in [3.63, 3.8) is 0 Å². The molecular weight excluding hydrogens is 406 g/mol. The van der Waals surface area contributed by atoms with Crippen molar-refractivity contribution in [1.82, 2.24) is 20.1 Å². The molecule has 8 nitrogen and oxygen atoms in total. The maximum absolute atomic E-state index is 12.5. The molecular formula is C16H17N5O3S3. The van der Waals surface area contributed by atoms with E-state index in [0.717, 1.165) is 26.3 Å². The number of nitrogens with zero attached hydrogens (tertiary/aromatic N) is 3. The maximum Gasteiger partial charge on any atom is 0.271 e. The van der Waals surface area contributed by atoms with E-state index in [0.29, 0.717) is 12.2 Å². The van der Waals surface area contributed by atoms with Crippen molar-refractivity contribution in [2.45, 2.75) is 27.7 Å². The van der Waals surface area contributed by atoms with Crippen LogP contribution in [0.5, 0.6) is 0 Å². The largest absolute Gasteiger partial charge is 0.351 e. The van der Waals surface area contributed by atoms with Gasteiger partial charge in [-0.2, -0.15) is 0 Å². The smallest absolute Gasteiger partial charge is 0.271 e. The van der Waals surface area contributed by atoms with Gasteiger partial charge >= 0.3 is 0 Å². The third-order valence-corrected chi connectivity index (χ3v) is 7.42. The number of hydrogen-bond acceptors (Lipinski definition) is 7. The van der Waals surface area contributed by atoms with Crippen LogP contribution in [0.1, 0.15) is 11.8 Å². The highest BCUT2D eigenvalue weighted by Crippen LogP contribution is 2.28. The van der Waals surface area contributed by atoms with Crippen molar-refractivity contribution < 1.29 is 13.2 Å². The van der Waals surface area contributed by atoms with Crippen molar-refractivity contribution >= 4 is 44.7 Å². The number of hydrogen-bond donors (Lipinski definition) is 2. The van der Waals surface area contributed by atoms with Gasteiger partial charge in [0.05, 0.1) is 6.54 Å². The first-order chi connectivity index (χ1) is 12.8. The van der Waals surface area contributed by atoms with Crippen LogP contribution < -0.4 is 10.0 Å². The molecule has 0 atom stereocenters. The minimum absolute atomic E-state index is 0.162. The Labute approximate surface area is 165 Å². The summed E-state index contributed by atoms with van der Waals surface area (Å²) in [6.45, 7) is 1.72. The van der Waals surface area contributed by atoms with E-state index in [2.05, 4.69) is 20.2 Å². The van der Waals surface area contributed by atoms with Crippen molar-refractivity contribution in [3.05, 3.63) is 47.6 Å². The zero-order valence-electron chi connectivity index (χ0n) is 14.5. The van der Waals surface area contributed by atoms with E-state index < -0.39 is 10.0 Å². The number of sulfonamides is 1. The highest BCUT2D eigenvalue weighted by Gasteiger charge is 2.17. The van der Waals surface area contributed by atoms with Crippen LogP contribution in [0.2, 0.25) is 0 Å². The molecule has 27 heavy (non-hydrogen) atoms. The van der Waals surface area contributed by atoms with Crippen LogP contribution in [0.25, 0.3) is 0 Å². The first-order valence-corrected chi connectivity index (χ1v) is 10.9. The number of anilines is 1. The van der Waals surface area contributed by atoms with E-state index >= 15 is 0 Å². The topological polar surface area (TPSA) is 106 Å². The fourth-order valence-corrected chi connectivity index (χ4v) is 5.19. The summed E-state index contributed by atoms with van der Waals surface area (Å²) in [5, 5.41) is 11.2. The van der Waals surface area contributed by atoms with Crippen molar-refractivity contribution in [2.24, 2.45) is 7.05 Å². The number of benzene rings is 1. The van der Waals surface area contributed by atoms with Crippen LogP contribution >= 0.6 is 23.1 Å². The summed E-state index contributed by atoms with van der Waals surface area (Å²) >= 11 is 2.56. The first kappa shape index (κ1) is 19.4. The summed E-state index contributed by atoms with van der Waals surface area (Å²) in [6.07, 6.45) is 1.62. The first-order valence-electron chi connectivity index (χ1n) is 7.81. The van der Waals surface area contributed by atoms with Gasteiger partial charge in [-0.1, -0.05) is 0 Å². The number of thiophene rings is 1. The van der Waals surface area contributed by atoms with E-state index in [1.807, 2.05) is 19.2 Å². The molecule has 0 saturated heterocycles. The standard InChI is InChI=1S/C16H17N5O3S3/c1-11(22)17-9-14-7-8-15(25-14)27(23,24)20-12-3-5-13(6-4-12)26-16-19-18-10-21(16)2/h3-8,10,20H,9H2,1-2H3,(H,17,22). The number of aryl methyl sites for hydroxylation is 1. The summed E-state index contributed by atoms with van der Waals surface area (Å²) in [7, 11) is -1.82. The molecule has 3 rings (SSSR count). The zero-order valence-corrected chi connectivity index (χ0v) is 17.0. The molecule has 3 aromatic rings. The molecule has 0 saturated carbocycles. The minimum atomic E-state index is -3.68. The SMILES string of the molecule is CC(=O)NCc1ccc(S(=O)(=O)Nc2ccc(Sc3nncn3C)cc2)s1. The highest BCUT2D eigenvalue weighted by atomic mass is 32.2. The molecule has 0 aliphatic carbocycles. The predicted molar refractivity (Wildman–Crippen MR) is 104 cm³/mol. The average Bonchev–Trinajstić information content (AvgIpc) is 3.25. The molecule has 1 amide bonds. The lowest BCUT2D eigenvalue weighted by Crippen LogP contribution is -2.18. The Hall–Kier alpha value is -2.37. The molecule has 2 aromatic heterocycles. The van der Waals surface area contributed by atoms with E-state index in [9.17, 15) is 13.2 Å². The van der Waals surface area contributed by atoms with E-state index in [-0.39, 0.29) is 10.1 Å². The summed E-state index contributed by atoms with van der Waals surface area (Å²) in [6, 6.07) is 10.2. The Balaban J connectivity index is 1.67. The van der Waals surface area contributed by atoms with Gasteiger partial charge in [0.25, 0.3) is 10.0 Å². The maximum atomic E-state index is 12.5.